The number of rotatable bonds is 3. The molecule has 3 heteroatoms. The Morgan fingerprint density at radius 3 is 2.63 bits per heavy atom. The lowest BCUT2D eigenvalue weighted by atomic mass is 10.00. The molecule has 0 spiro atoms. The van der Waals surface area contributed by atoms with Gasteiger partial charge in [0.15, 0.2) is 0 Å². The van der Waals surface area contributed by atoms with Gasteiger partial charge in [-0.15, -0.1) is 0 Å². The van der Waals surface area contributed by atoms with Crippen molar-refractivity contribution in [2.24, 2.45) is 5.73 Å². The summed E-state index contributed by atoms with van der Waals surface area (Å²) in [5.41, 5.74) is 11.7. The van der Waals surface area contributed by atoms with Gasteiger partial charge in [0, 0.05) is 44.1 Å². The molecule has 3 nitrogen and oxygen atoms in total. The molecule has 19 heavy (non-hydrogen) atoms. The molecule has 0 radical (unpaired) electrons. The average molecular weight is 261 g/mol. The van der Waals surface area contributed by atoms with Crippen LogP contribution >= 0.6 is 0 Å². The summed E-state index contributed by atoms with van der Waals surface area (Å²) in [7, 11) is 2.18. The Labute approximate surface area is 117 Å². The fraction of sp³-hybridized carbons (Fsp3) is 0.625. The van der Waals surface area contributed by atoms with Crippen LogP contribution in [0.2, 0.25) is 0 Å². The molecule has 0 saturated heterocycles. The maximum Gasteiger partial charge on any atom is 0.0428 e. The Bertz CT molecular complexity index is 438. The Balaban J connectivity index is 2.46. The van der Waals surface area contributed by atoms with Crippen molar-refractivity contribution < 1.29 is 0 Å². The molecule has 1 aromatic rings. The quantitative estimate of drug-likeness (QED) is 0.907. The van der Waals surface area contributed by atoms with Crippen molar-refractivity contribution in [2.45, 2.75) is 39.7 Å². The monoisotopic (exact) mass is 261 g/mol. The van der Waals surface area contributed by atoms with E-state index in [0.29, 0.717) is 0 Å². The molecule has 1 aliphatic rings. The van der Waals surface area contributed by atoms with E-state index in [1.165, 1.54) is 22.5 Å². The number of aryl methyl sites for hydroxylation is 1. The number of fused-ring (bicyclic) bond motifs is 1. The molecular weight excluding hydrogens is 234 g/mol. The third-order valence-corrected chi connectivity index (χ3v) is 4.19. The van der Waals surface area contributed by atoms with Crippen LogP contribution in [-0.4, -0.2) is 32.7 Å². The van der Waals surface area contributed by atoms with E-state index < -0.39 is 0 Å². The third kappa shape index (κ3) is 2.86. The van der Waals surface area contributed by atoms with E-state index >= 15 is 0 Å². The second-order valence-corrected chi connectivity index (χ2v) is 5.62. The molecule has 1 aliphatic heterocycles. The molecule has 106 valence electrons. The van der Waals surface area contributed by atoms with Gasteiger partial charge in [-0.2, -0.15) is 0 Å². The number of nitrogens with zero attached hydrogens (tertiary/aromatic N) is 2. The lowest BCUT2D eigenvalue weighted by Crippen LogP contribution is -2.25. The molecule has 0 aromatic heterocycles. The van der Waals surface area contributed by atoms with Crippen molar-refractivity contribution in [1.82, 2.24) is 0 Å². The van der Waals surface area contributed by atoms with Gasteiger partial charge in [-0.25, -0.2) is 0 Å². The van der Waals surface area contributed by atoms with Crippen LogP contribution in [0.3, 0.4) is 0 Å². The zero-order valence-electron chi connectivity index (χ0n) is 12.7. The van der Waals surface area contributed by atoms with E-state index in [2.05, 4.69) is 49.8 Å². The number of hydrogen-bond donors (Lipinski definition) is 1. The minimum atomic E-state index is 0.287. The average Bonchev–Trinajstić information content (AvgIpc) is 2.50. The SMILES string of the molecule is CCN(CC)c1cc(C)c2c(c1)CC(N)CCN2C. The fourth-order valence-corrected chi connectivity index (χ4v) is 3.16. The van der Waals surface area contributed by atoms with Gasteiger partial charge < -0.3 is 15.5 Å². The second-order valence-electron chi connectivity index (χ2n) is 5.62. The smallest absolute Gasteiger partial charge is 0.0428 e. The number of nitrogens with two attached hydrogens (primary N) is 1. The van der Waals surface area contributed by atoms with Crippen LogP contribution in [0.25, 0.3) is 0 Å². The number of benzene rings is 1. The first kappa shape index (κ1) is 14.2. The molecule has 0 saturated carbocycles. The van der Waals surface area contributed by atoms with Crippen LogP contribution in [-0.2, 0) is 6.42 Å². The van der Waals surface area contributed by atoms with Gasteiger partial charge in [0.05, 0.1) is 0 Å². The minimum Gasteiger partial charge on any atom is -0.374 e. The Morgan fingerprint density at radius 2 is 2.00 bits per heavy atom. The predicted octanol–water partition coefficient (Wildman–Crippen LogP) is 2.55. The van der Waals surface area contributed by atoms with Crippen molar-refractivity contribution in [3.05, 3.63) is 23.3 Å². The summed E-state index contributed by atoms with van der Waals surface area (Å²) in [5, 5.41) is 0. The van der Waals surface area contributed by atoms with E-state index in [1.807, 2.05) is 0 Å². The summed E-state index contributed by atoms with van der Waals surface area (Å²) in [6.07, 6.45) is 2.07. The molecule has 1 heterocycles. The first-order valence-corrected chi connectivity index (χ1v) is 7.42. The lowest BCUT2D eigenvalue weighted by Gasteiger charge is -2.26. The summed E-state index contributed by atoms with van der Waals surface area (Å²) >= 11 is 0. The Kier molecular flexibility index (Phi) is 4.35. The van der Waals surface area contributed by atoms with Crippen molar-refractivity contribution in [2.75, 3.05) is 36.5 Å². The topological polar surface area (TPSA) is 32.5 Å². The summed E-state index contributed by atoms with van der Waals surface area (Å²) in [4.78, 5) is 4.77. The summed E-state index contributed by atoms with van der Waals surface area (Å²) in [6.45, 7) is 9.80. The van der Waals surface area contributed by atoms with Gasteiger partial charge in [0.1, 0.15) is 0 Å². The van der Waals surface area contributed by atoms with Gasteiger partial charge in [0.2, 0.25) is 0 Å². The van der Waals surface area contributed by atoms with Crippen molar-refractivity contribution in [3.63, 3.8) is 0 Å². The maximum absolute atomic E-state index is 6.21. The van der Waals surface area contributed by atoms with Crippen LogP contribution in [0.15, 0.2) is 12.1 Å². The van der Waals surface area contributed by atoms with E-state index in [1.54, 1.807) is 0 Å². The molecule has 1 aromatic carbocycles. The first-order valence-electron chi connectivity index (χ1n) is 7.42. The van der Waals surface area contributed by atoms with Gasteiger partial charge in [-0.05, 0) is 56.9 Å². The molecule has 0 aliphatic carbocycles. The standard InChI is InChI=1S/C16H27N3/c1-5-19(6-2)15-9-12(3)16-13(11-15)10-14(17)7-8-18(16)4/h9,11,14H,5-8,10,17H2,1-4H3. The second kappa shape index (κ2) is 5.83. The van der Waals surface area contributed by atoms with Crippen LogP contribution < -0.4 is 15.5 Å². The molecule has 1 unspecified atom stereocenters. The molecule has 0 amide bonds. The van der Waals surface area contributed by atoms with Crippen molar-refractivity contribution in [3.8, 4) is 0 Å². The molecule has 2 N–H and O–H groups in total. The molecular formula is C16H27N3. The Morgan fingerprint density at radius 1 is 1.32 bits per heavy atom. The van der Waals surface area contributed by atoms with Crippen molar-refractivity contribution >= 4 is 11.4 Å². The van der Waals surface area contributed by atoms with Gasteiger partial charge in [-0.1, -0.05) is 0 Å². The predicted molar refractivity (Wildman–Crippen MR) is 84.3 cm³/mol. The summed E-state index contributed by atoms with van der Waals surface area (Å²) in [5.74, 6) is 0. The van der Waals surface area contributed by atoms with Gasteiger partial charge in [-0.3, -0.25) is 0 Å². The van der Waals surface area contributed by atoms with E-state index in [-0.39, 0.29) is 6.04 Å². The highest BCUT2D eigenvalue weighted by Gasteiger charge is 2.20. The molecule has 2 rings (SSSR count). The van der Waals surface area contributed by atoms with Crippen LogP contribution in [0, 0.1) is 6.92 Å². The van der Waals surface area contributed by atoms with Crippen molar-refractivity contribution in [1.29, 1.82) is 0 Å². The van der Waals surface area contributed by atoms with Gasteiger partial charge >= 0.3 is 0 Å². The van der Waals surface area contributed by atoms with E-state index in [0.717, 1.165) is 32.5 Å². The third-order valence-electron chi connectivity index (χ3n) is 4.19. The van der Waals surface area contributed by atoms with Crippen LogP contribution in [0.4, 0.5) is 11.4 Å². The Hall–Kier alpha value is -1.22. The number of anilines is 2. The highest BCUT2D eigenvalue weighted by atomic mass is 15.1. The fourth-order valence-electron chi connectivity index (χ4n) is 3.16. The zero-order chi connectivity index (χ0) is 14.0. The molecule has 0 fully saturated rings. The van der Waals surface area contributed by atoms with E-state index in [4.69, 9.17) is 5.73 Å². The largest absolute Gasteiger partial charge is 0.374 e. The summed E-state index contributed by atoms with van der Waals surface area (Å²) < 4.78 is 0. The normalized spacial score (nSPS) is 19.0. The minimum absolute atomic E-state index is 0.287. The summed E-state index contributed by atoms with van der Waals surface area (Å²) in [6, 6.07) is 4.95. The van der Waals surface area contributed by atoms with Crippen LogP contribution in [0.1, 0.15) is 31.4 Å². The highest BCUT2D eigenvalue weighted by molar-refractivity contribution is 5.67. The number of hydrogen-bond acceptors (Lipinski definition) is 3. The highest BCUT2D eigenvalue weighted by Crippen LogP contribution is 2.33. The zero-order valence-corrected chi connectivity index (χ0v) is 12.7. The van der Waals surface area contributed by atoms with Crippen LogP contribution in [0.5, 0.6) is 0 Å². The maximum atomic E-state index is 6.21. The lowest BCUT2D eigenvalue weighted by molar-refractivity contribution is 0.627. The molecule has 0 bridgehead atoms. The van der Waals surface area contributed by atoms with Gasteiger partial charge in [0.25, 0.3) is 0 Å². The first-order chi connectivity index (χ1) is 9.06. The van der Waals surface area contributed by atoms with E-state index in [9.17, 15) is 0 Å². The molecule has 1 atom stereocenters.